The van der Waals surface area contributed by atoms with E-state index in [0.717, 1.165) is 19.8 Å². The summed E-state index contributed by atoms with van der Waals surface area (Å²) in [6.07, 6.45) is 0.329. The van der Waals surface area contributed by atoms with Crippen molar-refractivity contribution < 1.29 is 21.4 Å². The van der Waals surface area contributed by atoms with Gasteiger partial charge in [-0.1, -0.05) is 25.8 Å². The van der Waals surface area contributed by atoms with Crippen molar-refractivity contribution in [3.05, 3.63) is 11.6 Å². The van der Waals surface area contributed by atoms with Crippen LogP contribution in [-0.4, -0.2) is 20.8 Å². The zero-order valence-corrected chi connectivity index (χ0v) is 9.90. The third kappa shape index (κ3) is 6.57. The maximum absolute atomic E-state index is 13.1. The van der Waals surface area contributed by atoms with Gasteiger partial charge in [0.15, 0.2) is 0 Å². The Hall–Kier alpha value is -0.490. The van der Waals surface area contributed by atoms with Crippen molar-refractivity contribution in [3.63, 3.8) is 0 Å². The average molecular weight is 242 g/mol. The van der Waals surface area contributed by atoms with Crippen molar-refractivity contribution in [1.29, 1.82) is 0 Å². The third-order valence-corrected chi connectivity index (χ3v) is 2.24. The second-order valence-electron chi connectivity index (χ2n) is 3.33. The first-order valence-electron chi connectivity index (χ1n) is 4.64. The van der Waals surface area contributed by atoms with Crippen LogP contribution in [0.5, 0.6) is 0 Å². The maximum Gasteiger partial charge on any atom is 0.392 e. The van der Waals surface area contributed by atoms with Crippen molar-refractivity contribution >= 4 is 10.1 Å². The number of allylic oxidation sites excluding steroid dienone is 1. The molecule has 0 heterocycles. The molecule has 0 spiro atoms. The molecule has 0 N–H and O–H groups in total. The molecular weight excluding hydrogens is 226 g/mol. The van der Waals surface area contributed by atoms with Gasteiger partial charge in [-0.3, -0.25) is 0 Å². The third-order valence-electron chi connectivity index (χ3n) is 1.72. The molecule has 0 saturated carbocycles. The van der Waals surface area contributed by atoms with E-state index in [-0.39, 0.29) is 5.57 Å². The first-order chi connectivity index (χ1) is 6.69. The highest BCUT2D eigenvalue weighted by atomic mass is 32.2. The monoisotopic (exact) mass is 242 g/mol. The highest BCUT2D eigenvalue weighted by Gasteiger charge is 2.36. The van der Waals surface area contributed by atoms with Crippen molar-refractivity contribution in [3.8, 4) is 0 Å². The summed E-state index contributed by atoms with van der Waals surface area (Å²) in [5.41, 5.74) is -0.374. The predicted octanol–water partition coefficient (Wildman–Crippen LogP) is 2.69. The van der Waals surface area contributed by atoms with Crippen LogP contribution in [0.4, 0.5) is 8.78 Å². The van der Waals surface area contributed by atoms with Crippen LogP contribution in [0, 0.1) is 0 Å². The Bertz CT molecular complexity index is 320. The summed E-state index contributed by atoms with van der Waals surface area (Å²) in [6.45, 7) is 3.09. The van der Waals surface area contributed by atoms with Gasteiger partial charge in [-0.25, -0.2) is 0 Å². The van der Waals surface area contributed by atoms with Gasteiger partial charge in [-0.2, -0.15) is 21.4 Å². The van der Waals surface area contributed by atoms with Gasteiger partial charge < -0.3 is 0 Å². The van der Waals surface area contributed by atoms with Crippen LogP contribution in [0.15, 0.2) is 11.6 Å². The van der Waals surface area contributed by atoms with E-state index in [0.29, 0.717) is 12.7 Å². The molecular formula is C9H16F2O3S. The largest absolute Gasteiger partial charge is 0.392 e. The number of unbranched alkanes of at least 4 members (excludes halogenated alkanes) is 2. The topological polar surface area (TPSA) is 43.4 Å². The van der Waals surface area contributed by atoms with Gasteiger partial charge in [-0.15, -0.1) is 0 Å². The fraction of sp³-hybridized carbons (Fsp3) is 0.778. The number of hydrogen-bond acceptors (Lipinski definition) is 3. The van der Waals surface area contributed by atoms with Gasteiger partial charge in [-0.05, 0) is 13.3 Å². The quantitative estimate of drug-likeness (QED) is 0.408. The smallest absolute Gasteiger partial charge is 0.200 e. The Morgan fingerprint density at radius 3 is 2.40 bits per heavy atom. The van der Waals surface area contributed by atoms with Gasteiger partial charge >= 0.3 is 6.11 Å². The molecule has 0 unspecified atom stereocenters. The van der Waals surface area contributed by atoms with Crippen LogP contribution in [0.25, 0.3) is 0 Å². The number of rotatable bonds is 6. The Kier molecular flexibility index (Phi) is 5.37. The lowest BCUT2D eigenvalue weighted by Crippen LogP contribution is -2.25. The van der Waals surface area contributed by atoms with Crippen molar-refractivity contribution in [2.45, 2.75) is 39.2 Å². The Morgan fingerprint density at radius 1 is 1.47 bits per heavy atom. The van der Waals surface area contributed by atoms with Crippen LogP contribution >= 0.6 is 0 Å². The molecule has 0 aromatic carbocycles. The molecule has 0 aliphatic rings. The van der Waals surface area contributed by atoms with E-state index in [1.807, 2.05) is 6.92 Å². The molecule has 0 aromatic heterocycles. The Balaban J connectivity index is 4.51. The van der Waals surface area contributed by atoms with Gasteiger partial charge in [0.05, 0.1) is 6.26 Å². The van der Waals surface area contributed by atoms with E-state index >= 15 is 0 Å². The van der Waals surface area contributed by atoms with Crippen molar-refractivity contribution in [2.75, 3.05) is 6.26 Å². The number of halogens is 2. The Labute approximate surface area is 89.2 Å². The second kappa shape index (κ2) is 5.55. The summed E-state index contributed by atoms with van der Waals surface area (Å²) in [4.78, 5) is 0. The SMILES string of the molecule is CCCC/C=C(\C)C(F)(F)OS(C)(=O)=O. The van der Waals surface area contributed by atoms with Crippen LogP contribution < -0.4 is 0 Å². The number of hydrogen-bond donors (Lipinski definition) is 0. The van der Waals surface area contributed by atoms with E-state index in [9.17, 15) is 17.2 Å². The molecule has 0 fully saturated rings. The second-order valence-corrected chi connectivity index (χ2v) is 4.91. The van der Waals surface area contributed by atoms with E-state index in [1.54, 1.807) is 0 Å². The molecule has 0 aromatic rings. The lowest BCUT2D eigenvalue weighted by Gasteiger charge is -2.15. The van der Waals surface area contributed by atoms with Crippen LogP contribution in [-0.2, 0) is 14.3 Å². The summed E-state index contributed by atoms with van der Waals surface area (Å²) in [5.74, 6) is 0. The fourth-order valence-electron chi connectivity index (χ4n) is 0.897. The summed E-state index contributed by atoms with van der Waals surface area (Å²) in [7, 11) is -4.15. The predicted molar refractivity (Wildman–Crippen MR) is 54.2 cm³/mol. The molecule has 3 nitrogen and oxygen atoms in total. The minimum absolute atomic E-state index is 0.374. The summed E-state index contributed by atoms with van der Waals surface area (Å²) in [6, 6.07) is 0. The van der Waals surface area contributed by atoms with Crippen LogP contribution in [0.3, 0.4) is 0 Å². The summed E-state index contributed by atoms with van der Waals surface area (Å²) >= 11 is 0. The molecule has 0 aliphatic heterocycles. The molecule has 15 heavy (non-hydrogen) atoms. The van der Waals surface area contributed by atoms with Gasteiger partial charge in [0.1, 0.15) is 0 Å². The van der Waals surface area contributed by atoms with Crippen molar-refractivity contribution in [2.24, 2.45) is 0 Å². The number of alkyl halides is 2. The fourth-order valence-corrected chi connectivity index (χ4v) is 1.41. The molecule has 0 saturated heterocycles. The molecule has 0 amide bonds. The Morgan fingerprint density at radius 2 is 2.00 bits per heavy atom. The van der Waals surface area contributed by atoms with E-state index < -0.39 is 16.2 Å². The summed E-state index contributed by atoms with van der Waals surface area (Å²) in [5, 5.41) is 0. The average Bonchev–Trinajstić information content (AvgIpc) is 2.00. The minimum atomic E-state index is -4.15. The first kappa shape index (κ1) is 14.5. The molecule has 0 bridgehead atoms. The van der Waals surface area contributed by atoms with Crippen molar-refractivity contribution in [1.82, 2.24) is 0 Å². The van der Waals surface area contributed by atoms with E-state index in [1.165, 1.54) is 6.08 Å². The zero-order chi connectivity index (χ0) is 12.1. The molecule has 0 atom stereocenters. The summed E-state index contributed by atoms with van der Waals surface area (Å²) < 4.78 is 50.9. The zero-order valence-electron chi connectivity index (χ0n) is 9.09. The molecule has 90 valence electrons. The lowest BCUT2D eigenvalue weighted by atomic mass is 10.2. The molecule has 0 radical (unpaired) electrons. The van der Waals surface area contributed by atoms with E-state index in [4.69, 9.17) is 0 Å². The molecule has 6 heteroatoms. The van der Waals surface area contributed by atoms with Crippen LogP contribution in [0.2, 0.25) is 0 Å². The lowest BCUT2D eigenvalue weighted by molar-refractivity contribution is -0.137. The van der Waals surface area contributed by atoms with E-state index in [2.05, 4.69) is 4.18 Å². The maximum atomic E-state index is 13.1. The standard InChI is InChI=1S/C9H16F2O3S/c1-4-5-6-7-8(2)9(10,11)14-15(3,12)13/h7H,4-6H2,1-3H3/b8-7+. The van der Waals surface area contributed by atoms with Gasteiger partial charge in [0, 0.05) is 5.57 Å². The minimum Gasteiger partial charge on any atom is -0.200 e. The first-order valence-corrected chi connectivity index (χ1v) is 6.46. The van der Waals surface area contributed by atoms with Gasteiger partial charge in [0.25, 0.3) is 10.1 Å². The highest BCUT2D eigenvalue weighted by molar-refractivity contribution is 7.86. The molecule has 0 aliphatic carbocycles. The van der Waals surface area contributed by atoms with Gasteiger partial charge in [0.2, 0.25) is 0 Å². The van der Waals surface area contributed by atoms with Crippen LogP contribution in [0.1, 0.15) is 33.1 Å². The highest BCUT2D eigenvalue weighted by Crippen LogP contribution is 2.27. The molecule has 0 rings (SSSR count). The normalized spacial score (nSPS) is 14.3.